The number of anilines is 2. The van der Waals surface area contributed by atoms with Crippen LogP contribution >= 0.6 is 0 Å². The Morgan fingerprint density at radius 2 is 1.83 bits per heavy atom. The molecule has 0 radical (unpaired) electrons. The van der Waals surface area contributed by atoms with Crippen LogP contribution in [0.25, 0.3) is 22.4 Å². The molecule has 0 atom stereocenters. The fraction of sp³-hybridized carbons (Fsp3) is 0.214. The molecule has 2 N–H and O–H groups in total. The van der Waals surface area contributed by atoms with E-state index >= 15 is 0 Å². The molecule has 0 aliphatic heterocycles. The van der Waals surface area contributed by atoms with Crippen molar-refractivity contribution >= 4 is 22.4 Å². The Morgan fingerprint density at radius 1 is 1.03 bits per heavy atom. The fourth-order valence-corrected chi connectivity index (χ4v) is 4.06. The summed E-state index contributed by atoms with van der Waals surface area (Å²) < 4.78 is 7.45. The van der Waals surface area contributed by atoms with Crippen LogP contribution in [0.4, 0.5) is 11.5 Å². The van der Waals surface area contributed by atoms with Gasteiger partial charge in [-0.25, -0.2) is 9.97 Å². The number of rotatable bonds is 8. The summed E-state index contributed by atoms with van der Waals surface area (Å²) in [6.07, 6.45) is 5.08. The van der Waals surface area contributed by atoms with Gasteiger partial charge in [0.2, 0.25) is 0 Å². The summed E-state index contributed by atoms with van der Waals surface area (Å²) in [6, 6.07) is 20.1. The summed E-state index contributed by atoms with van der Waals surface area (Å²) in [5, 5.41) is 19.0. The summed E-state index contributed by atoms with van der Waals surface area (Å²) in [7, 11) is 1.59. The summed E-state index contributed by atoms with van der Waals surface area (Å²) in [5.74, 6) is 1.58. The van der Waals surface area contributed by atoms with Gasteiger partial charge in [0.1, 0.15) is 5.69 Å². The molecule has 182 valence electrons. The highest BCUT2D eigenvalue weighted by Gasteiger charge is 2.20. The molecule has 36 heavy (non-hydrogen) atoms. The lowest BCUT2D eigenvalue weighted by Crippen LogP contribution is -2.22. The van der Waals surface area contributed by atoms with Crippen LogP contribution in [0.15, 0.2) is 79.3 Å². The zero-order chi connectivity index (χ0) is 25.1. The molecule has 0 saturated heterocycles. The molecular weight excluding hydrogens is 452 g/mol. The summed E-state index contributed by atoms with van der Waals surface area (Å²) in [6.45, 7) is 4.72. The molecule has 0 fully saturated rings. The molecule has 2 aromatic carbocycles. The van der Waals surface area contributed by atoms with E-state index in [1.165, 1.54) is 0 Å². The van der Waals surface area contributed by atoms with E-state index in [9.17, 15) is 5.11 Å². The largest absolute Gasteiger partial charge is 0.491 e. The number of benzene rings is 2. The summed E-state index contributed by atoms with van der Waals surface area (Å²) in [4.78, 5) is 13.4. The quantitative estimate of drug-likeness (QED) is 0.324. The Balaban J connectivity index is 1.54. The van der Waals surface area contributed by atoms with Crippen LogP contribution in [0.3, 0.4) is 0 Å². The molecule has 0 aliphatic rings. The number of hydrogen-bond donors (Lipinski definition) is 2. The second-order valence-electron chi connectivity index (χ2n) is 9.24. The first-order chi connectivity index (χ1) is 17.5. The maximum absolute atomic E-state index is 9.80. The Kier molecular flexibility index (Phi) is 6.35. The van der Waals surface area contributed by atoms with Crippen LogP contribution in [-0.2, 0) is 12.0 Å². The lowest BCUT2D eigenvalue weighted by molar-refractivity contribution is 0.218. The molecule has 3 heterocycles. The second kappa shape index (κ2) is 9.75. The molecule has 0 saturated carbocycles. The van der Waals surface area contributed by atoms with Gasteiger partial charge in [-0.05, 0) is 29.3 Å². The first-order valence-corrected chi connectivity index (χ1v) is 11.7. The van der Waals surface area contributed by atoms with E-state index in [1.54, 1.807) is 25.7 Å². The third kappa shape index (κ3) is 4.63. The Labute approximate surface area is 209 Å². The van der Waals surface area contributed by atoms with Crippen LogP contribution in [0.5, 0.6) is 5.75 Å². The van der Waals surface area contributed by atoms with Gasteiger partial charge in [-0.2, -0.15) is 5.10 Å². The first kappa shape index (κ1) is 23.4. The normalized spacial score (nSPS) is 11.6. The maximum Gasteiger partial charge on any atom is 0.183 e. The zero-order valence-corrected chi connectivity index (χ0v) is 20.5. The number of ether oxygens (including phenoxy) is 1. The number of nitrogens with zero attached hydrogens (tertiary/aromatic N) is 5. The SMILES string of the molecule is COc1cnc(-c2nn(Cc3cccc(C(C)(C)CO)c3)c3ccccc23)nc1Nc1ccncc1. The van der Waals surface area contributed by atoms with E-state index in [0.29, 0.717) is 29.6 Å². The number of aliphatic hydroxyl groups is 1. The Hall–Kier alpha value is -4.30. The van der Waals surface area contributed by atoms with Crippen LogP contribution in [0, 0.1) is 0 Å². The van der Waals surface area contributed by atoms with Crippen molar-refractivity contribution in [1.29, 1.82) is 0 Å². The summed E-state index contributed by atoms with van der Waals surface area (Å²) in [5.41, 5.74) is 4.39. The van der Waals surface area contributed by atoms with Crippen molar-refractivity contribution in [3.8, 4) is 17.3 Å². The maximum atomic E-state index is 9.80. The molecule has 8 heteroatoms. The Bertz CT molecular complexity index is 1500. The zero-order valence-electron chi connectivity index (χ0n) is 20.5. The van der Waals surface area contributed by atoms with Crippen molar-refractivity contribution in [2.75, 3.05) is 19.0 Å². The number of aliphatic hydroxyl groups excluding tert-OH is 1. The highest BCUT2D eigenvalue weighted by atomic mass is 16.5. The van der Waals surface area contributed by atoms with E-state index in [1.807, 2.05) is 61.0 Å². The number of para-hydroxylation sites is 1. The first-order valence-electron chi connectivity index (χ1n) is 11.7. The van der Waals surface area contributed by atoms with E-state index in [-0.39, 0.29) is 12.0 Å². The molecule has 0 spiro atoms. The number of aromatic nitrogens is 5. The third-order valence-electron chi connectivity index (χ3n) is 6.22. The van der Waals surface area contributed by atoms with Gasteiger partial charge < -0.3 is 15.2 Å². The number of methoxy groups -OCH3 is 1. The number of hydrogen-bond acceptors (Lipinski definition) is 7. The monoisotopic (exact) mass is 480 g/mol. The second-order valence-corrected chi connectivity index (χ2v) is 9.24. The highest BCUT2D eigenvalue weighted by Crippen LogP contribution is 2.31. The standard InChI is InChI=1S/C28H28N6O2/c1-28(2,18-35)20-8-6-7-19(15-20)17-34-23-10-5-4-9-22(23)25(33-34)27-30-16-24(36-3)26(32-27)31-21-11-13-29-14-12-21/h4-16,35H,17-18H2,1-3H3,(H,29,30,31,32). The number of nitrogens with one attached hydrogen (secondary N) is 1. The van der Waals surface area contributed by atoms with Crippen molar-refractivity contribution in [3.63, 3.8) is 0 Å². The highest BCUT2D eigenvalue weighted by molar-refractivity contribution is 5.92. The molecule has 3 aromatic heterocycles. The topological polar surface area (TPSA) is 98.0 Å². The van der Waals surface area contributed by atoms with Crippen molar-refractivity contribution in [2.24, 2.45) is 0 Å². The van der Waals surface area contributed by atoms with Gasteiger partial charge in [0.25, 0.3) is 0 Å². The number of pyridine rings is 1. The van der Waals surface area contributed by atoms with E-state index in [0.717, 1.165) is 27.7 Å². The van der Waals surface area contributed by atoms with Gasteiger partial charge in [0.05, 0.1) is 32.0 Å². The lowest BCUT2D eigenvalue weighted by atomic mass is 9.85. The van der Waals surface area contributed by atoms with E-state index in [4.69, 9.17) is 14.8 Å². The van der Waals surface area contributed by atoms with Crippen molar-refractivity contribution in [1.82, 2.24) is 24.7 Å². The third-order valence-corrected chi connectivity index (χ3v) is 6.22. The van der Waals surface area contributed by atoms with Gasteiger partial charge >= 0.3 is 0 Å². The molecule has 0 aliphatic carbocycles. The summed E-state index contributed by atoms with van der Waals surface area (Å²) >= 11 is 0. The fourth-order valence-electron chi connectivity index (χ4n) is 4.06. The molecule has 8 nitrogen and oxygen atoms in total. The molecule has 0 amide bonds. The molecule has 0 bridgehead atoms. The molecule has 5 rings (SSSR count). The Morgan fingerprint density at radius 3 is 2.61 bits per heavy atom. The van der Waals surface area contributed by atoms with Crippen LogP contribution in [0.2, 0.25) is 0 Å². The minimum atomic E-state index is -0.317. The molecular formula is C28H28N6O2. The van der Waals surface area contributed by atoms with Gasteiger partial charge in [-0.3, -0.25) is 9.67 Å². The average molecular weight is 481 g/mol. The van der Waals surface area contributed by atoms with Crippen molar-refractivity contribution < 1.29 is 9.84 Å². The minimum absolute atomic E-state index is 0.0793. The van der Waals surface area contributed by atoms with Crippen LogP contribution in [-0.4, -0.2) is 43.6 Å². The lowest BCUT2D eigenvalue weighted by Gasteiger charge is -2.22. The predicted octanol–water partition coefficient (Wildman–Crippen LogP) is 4.96. The smallest absolute Gasteiger partial charge is 0.183 e. The minimum Gasteiger partial charge on any atom is -0.491 e. The predicted molar refractivity (Wildman–Crippen MR) is 140 cm³/mol. The van der Waals surface area contributed by atoms with Crippen molar-refractivity contribution in [2.45, 2.75) is 25.8 Å². The van der Waals surface area contributed by atoms with Crippen molar-refractivity contribution in [3.05, 3.63) is 90.4 Å². The molecule has 0 unspecified atom stereocenters. The van der Waals surface area contributed by atoms with Crippen LogP contribution < -0.4 is 10.1 Å². The van der Waals surface area contributed by atoms with E-state index in [2.05, 4.69) is 33.5 Å². The van der Waals surface area contributed by atoms with Gasteiger partial charge in [-0.15, -0.1) is 0 Å². The van der Waals surface area contributed by atoms with Crippen LogP contribution in [0.1, 0.15) is 25.0 Å². The van der Waals surface area contributed by atoms with Gasteiger partial charge in [-0.1, -0.05) is 56.3 Å². The van der Waals surface area contributed by atoms with E-state index < -0.39 is 0 Å². The average Bonchev–Trinajstić information content (AvgIpc) is 3.27. The van der Waals surface area contributed by atoms with Gasteiger partial charge in [0.15, 0.2) is 17.4 Å². The molecule has 5 aromatic rings. The van der Waals surface area contributed by atoms with Gasteiger partial charge in [0, 0.05) is 28.9 Å². The number of fused-ring (bicyclic) bond motifs is 1.